The van der Waals surface area contributed by atoms with Gasteiger partial charge in [0.25, 0.3) is 0 Å². The van der Waals surface area contributed by atoms with Crippen molar-refractivity contribution in [3.05, 3.63) is 66.5 Å². The number of halogens is 1. The Balaban J connectivity index is 1.25. The van der Waals surface area contributed by atoms with Crippen LogP contribution >= 0.6 is 0 Å². The van der Waals surface area contributed by atoms with Crippen molar-refractivity contribution in [1.29, 1.82) is 0 Å². The smallest absolute Gasteiger partial charge is 0.410 e. The number of ether oxygens (including phenoxy) is 2. The Bertz CT molecular complexity index is 1880. The molecule has 6 rings (SSSR count). The lowest BCUT2D eigenvalue weighted by molar-refractivity contribution is 0.0124. The second-order valence-electron chi connectivity index (χ2n) is 12.7. The molecule has 0 radical (unpaired) electrons. The molecule has 3 heterocycles. The van der Waals surface area contributed by atoms with Gasteiger partial charge >= 0.3 is 6.09 Å². The first kappa shape index (κ1) is 31.5. The molecule has 2 N–H and O–H groups in total. The van der Waals surface area contributed by atoms with Gasteiger partial charge in [-0.25, -0.2) is 32.6 Å². The molecule has 1 amide bonds. The molecule has 1 saturated heterocycles. The largest absolute Gasteiger partial charge is 0.444 e. The zero-order valence-electron chi connectivity index (χ0n) is 26.2. The number of piperidine rings is 1. The molecule has 46 heavy (non-hydrogen) atoms. The summed E-state index contributed by atoms with van der Waals surface area (Å²) in [6.07, 6.45) is 2.93. The number of benzene rings is 2. The molecule has 2 aromatic heterocycles. The van der Waals surface area contributed by atoms with Crippen LogP contribution in [0.2, 0.25) is 0 Å². The van der Waals surface area contributed by atoms with Gasteiger partial charge in [0.2, 0.25) is 21.9 Å². The molecular weight excluding hydrogens is 611 g/mol. The van der Waals surface area contributed by atoms with Gasteiger partial charge in [0.1, 0.15) is 17.5 Å². The molecule has 0 bridgehead atoms. The molecule has 1 saturated carbocycles. The minimum Gasteiger partial charge on any atom is -0.444 e. The van der Waals surface area contributed by atoms with Crippen LogP contribution in [0.5, 0.6) is 11.6 Å². The van der Waals surface area contributed by atoms with Crippen molar-refractivity contribution in [2.45, 2.75) is 70.0 Å². The average molecular weight is 649 g/mol. The fraction of sp³-hybridized carbons (Fsp3) is 0.394. The first-order valence-corrected chi connectivity index (χ1v) is 16.8. The Morgan fingerprint density at radius 3 is 2.52 bits per heavy atom. The maximum absolute atomic E-state index is 14.7. The highest BCUT2D eigenvalue weighted by Gasteiger charge is 2.36. The third-order valence-electron chi connectivity index (χ3n) is 7.68. The number of sulfonamides is 1. The molecule has 1 aliphatic carbocycles. The van der Waals surface area contributed by atoms with E-state index in [0.717, 1.165) is 10.9 Å². The first-order valence-electron chi connectivity index (χ1n) is 15.2. The Labute approximate surface area is 267 Å². The summed E-state index contributed by atoms with van der Waals surface area (Å²) in [5.74, 6) is 1.10. The van der Waals surface area contributed by atoms with Crippen LogP contribution in [-0.4, -0.2) is 70.5 Å². The number of carbonyl (C=O) groups excluding carboxylic acids is 1. The van der Waals surface area contributed by atoms with Crippen molar-refractivity contribution in [3.8, 4) is 22.9 Å². The van der Waals surface area contributed by atoms with Crippen LogP contribution < -0.4 is 14.8 Å². The lowest BCUT2D eigenvalue weighted by Gasteiger charge is -2.36. The Morgan fingerprint density at radius 1 is 1.02 bits per heavy atom. The molecule has 242 valence electrons. The standard InChI is InChI=1S/C33H37FN6O5S/c1-20-16-28(39-46(42,43)23-11-12-23)24-8-5-6-9-25(24)29(20)44-30-26(10-7-14-35-30)27-13-15-36-31(38-27)37-22-17-21(34)18-40(19-22)32(41)45-33(2,3)4/h5-10,13-16,21-23,39H,11-12,17-19H2,1-4H3,(H,36,37,38)/t21-,22-/m0/s1. The van der Waals surface area contributed by atoms with E-state index in [1.54, 1.807) is 51.4 Å². The SMILES string of the molecule is Cc1cc(NS(=O)(=O)C2CC2)c2ccccc2c1Oc1ncccc1-c1ccnc(N[C@H]2C[C@H](F)CN(C(=O)OC(C)(C)C)C2)n1. The number of amides is 1. The van der Waals surface area contributed by atoms with Crippen LogP contribution in [0.3, 0.4) is 0 Å². The Morgan fingerprint density at radius 2 is 1.78 bits per heavy atom. The number of anilines is 2. The van der Waals surface area contributed by atoms with Crippen LogP contribution in [0, 0.1) is 6.92 Å². The number of hydrogen-bond donors (Lipinski definition) is 2. The van der Waals surface area contributed by atoms with E-state index in [0.29, 0.717) is 46.8 Å². The van der Waals surface area contributed by atoms with Crippen LogP contribution in [-0.2, 0) is 14.8 Å². The minimum absolute atomic E-state index is 0.0359. The van der Waals surface area contributed by atoms with E-state index in [4.69, 9.17) is 9.47 Å². The lowest BCUT2D eigenvalue weighted by atomic mass is 10.0. The number of likely N-dealkylation sites (tertiary alicyclic amines) is 1. The molecule has 4 aromatic rings. The van der Waals surface area contributed by atoms with Gasteiger partial charge < -0.3 is 19.7 Å². The highest BCUT2D eigenvalue weighted by Crippen LogP contribution is 2.41. The topological polar surface area (TPSA) is 136 Å². The molecular formula is C33H37FN6O5S. The second kappa shape index (κ2) is 12.3. The van der Waals surface area contributed by atoms with Crippen molar-refractivity contribution < 1.29 is 27.1 Å². The van der Waals surface area contributed by atoms with Gasteiger partial charge in [-0.1, -0.05) is 24.3 Å². The summed E-state index contributed by atoms with van der Waals surface area (Å²) >= 11 is 0. The van der Waals surface area contributed by atoms with Gasteiger partial charge in [0.05, 0.1) is 28.7 Å². The molecule has 1 aliphatic heterocycles. The number of nitrogens with one attached hydrogen (secondary N) is 2. The number of alkyl halides is 1. The highest BCUT2D eigenvalue weighted by atomic mass is 32.2. The minimum atomic E-state index is -3.47. The summed E-state index contributed by atoms with van der Waals surface area (Å²) in [6, 6.07) is 14.1. The van der Waals surface area contributed by atoms with E-state index in [1.165, 1.54) is 4.90 Å². The van der Waals surface area contributed by atoms with E-state index < -0.39 is 33.9 Å². The molecule has 0 spiro atoms. The number of nitrogens with zero attached hydrogens (tertiary/aromatic N) is 4. The monoisotopic (exact) mass is 648 g/mol. The molecule has 0 unspecified atom stereocenters. The zero-order valence-corrected chi connectivity index (χ0v) is 27.0. The Kier molecular flexibility index (Phi) is 8.45. The van der Waals surface area contributed by atoms with Gasteiger partial charge in [-0.05, 0) is 70.4 Å². The number of pyridine rings is 1. The number of aromatic nitrogens is 3. The third kappa shape index (κ3) is 7.14. The van der Waals surface area contributed by atoms with Crippen LogP contribution in [0.4, 0.5) is 20.8 Å². The summed E-state index contributed by atoms with van der Waals surface area (Å²) in [6.45, 7) is 7.37. The first-order chi connectivity index (χ1) is 21.9. The van der Waals surface area contributed by atoms with E-state index in [1.807, 2.05) is 37.3 Å². The molecule has 2 atom stereocenters. The summed E-state index contributed by atoms with van der Waals surface area (Å²) in [7, 11) is -3.47. The Hall–Kier alpha value is -4.52. The van der Waals surface area contributed by atoms with E-state index in [9.17, 15) is 17.6 Å². The molecule has 2 fully saturated rings. The summed E-state index contributed by atoms with van der Waals surface area (Å²) in [4.78, 5) is 27.5. The number of fused-ring (bicyclic) bond motifs is 1. The molecule has 2 aliphatic rings. The second-order valence-corrected chi connectivity index (χ2v) is 14.7. The molecule has 11 nitrogen and oxygen atoms in total. The quantitative estimate of drug-likeness (QED) is 0.221. The fourth-order valence-corrected chi connectivity index (χ4v) is 6.86. The summed E-state index contributed by atoms with van der Waals surface area (Å²) in [5.41, 5.74) is 1.65. The van der Waals surface area contributed by atoms with Gasteiger partial charge in [0.15, 0.2) is 0 Å². The van der Waals surface area contributed by atoms with E-state index in [-0.39, 0.29) is 30.7 Å². The fourth-order valence-electron chi connectivity index (χ4n) is 5.47. The van der Waals surface area contributed by atoms with Gasteiger partial charge in [-0.3, -0.25) is 4.72 Å². The van der Waals surface area contributed by atoms with Crippen molar-refractivity contribution in [2.75, 3.05) is 23.1 Å². The van der Waals surface area contributed by atoms with E-state index in [2.05, 4.69) is 25.0 Å². The van der Waals surface area contributed by atoms with Crippen LogP contribution in [0.1, 0.15) is 45.6 Å². The predicted octanol–water partition coefficient (Wildman–Crippen LogP) is 6.46. The number of aryl methyl sites for hydroxylation is 1. The number of rotatable bonds is 8. The summed E-state index contributed by atoms with van der Waals surface area (Å²) < 4.78 is 54.9. The summed E-state index contributed by atoms with van der Waals surface area (Å²) in [5, 5.41) is 4.26. The van der Waals surface area contributed by atoms with Crippen molar-refractivity contribution in [1.82, 2.24) is 19.9 Å². The highest BCUT2D eigenvalue weighted by molar-refractivity contribution is 7.93. The predicted molar refractivity (Wildman–Crippen MR) is 174 cm³/mol. The van der Waals surface area contributed by atoms with Crippen molar-refractivity contribution in [2.24, 2.45) is 0 Å². The molecule has 2 aromatic carbocycles. The lowest BCUT2D eigenvalue weighted by Crippen LogP contribution is -2.51. The van der Waals surface area contributed by atoms with Gasteiger partial charge in [0, 0.05) is 42.2 Å². The van der Waals surface area contributed by atoms with E-state index >= 15 is 0 Å². The number of hydrogen-bond acceptors (Lipinski definition) is 9. The van der Waals surface area contributed by atoms with Crippen LogP contribution in [0.15, 0.2) is 60.9 Å². The maximum atomic E-state index is 14.7. The zero-order chi connectivity index (χ0) is 32.6. The maximum Gasteiger partial charge on any atom is 0.410 e. The van der Waals surface area contributed by atoms with Crippen molar-refractivity contribution >= 4 is 38.5 Å². The van der Waals surface area contributed by atoms with Crippen molar-refractivity contribution in [3.63, 3.8) is 0 Å². The van der Waals surface area contributed by atoms with Crippen LogP contribution in [0.25, 0.3) is 22.0 Å². The number of carbonyl (C=O) groups is 1. The van der Waals surface area contributed by atoms with Gasteiger partial charge in [-0.15, -0.1) is 0 Å². The van der Waals surface area contributed by atoms with Gasteiger partial charge in [-0.2, -0.15) is 0 Å². The normalized spacial score (nSPS) is 18.7. The average Bonchev–Trinajstić information content (AvgIpc) is 3.85. The third-order valence-corrected chi connectivity index (χ3v) is 9.54. The molecule has 13 heteroatoms.